The van der Waals surface area contributed by atoms with E-state index in [0.29, 0.717) is 64.1 Å². The molecule has 1 aliphatic carbocycles. The van der Waals surface area contributed by atoms with Gasteiger partial charge in [0, 0.05) is 91.8 Å². The summed E-state index contributed by atoms with van der Waals surface area (Å²) in [6, 6.07) is 20.6. The fourth-order valence-electron chi connectivity index (χ4n) is 7.92. The van der Waals surface area contributed by atoms with Gasteiger partial charge >= 0.3 is 7.27 Å². The fraction of sp³-hybridized carbons (Fsp3) is 0.465. The van der Waals surface area contributed by atoms with Gasteiger partial charge in [-0.05, 0) is 70.4 Å². The maximum absolute atomic E-state index is 14.4. The lowest BCUT2D eigenvalue weighted by Gasteiger charge is -2.35. The van der Waals surface area contributed by atoms with E-state index in [9.17, 15) is 18.2 Å². The van der Waals surface area contributed by atoms with Crippen molar-refractivity contribution >= 4 is 35.7 Å². The van der Waals surface area contributed by atoms with Crippen molar-refractivity contribution in [3.05, 3.63) is 83.5 Å². The highest BCUT2D eigenvalue weighted by atomic mass is 19.2. The second-order valence-electron chi connectivity index (χ2n) is 15.5. The highest BCUT2D eigenvalue weighted by Gasteiger charge is 2.29. The maximum Gasteiger partial charge on any atom is 0.592 e. The number of nitrogens with zero attached hydrogens (tertiary/aromatic N) is 8. The van der Waals surface area contributed by atoms with Gasteiger partial charge in [0.05, 0.1) is 38.9 Å². The topological polar surface area (TPSA) is 90.7 Å². The van der Waals surface area contributed by atoms with Gasteiger partial charge in [0.2, 0.25) is 11.3 Å². The predicted octanol–water partition coefficient (Wildman–Crippen LogP) is 5.80. The number of aromatic nitrogens is 3. The molecule has 0 N–H and O–H groups in total. The van der Waals surface area contributed by atoms with E-state index in [1.54, 1.807) is 18.8 Å². The van der Waals surface area contributed by atoms with Crippen molar-refractivity contribution in [2.45, 2.75) is 53.5 Å². The molecule has 2 aliphatic heterocycles. The number of amides is 2. The lowest BCUT2D eigenvalue weighted by atomic mass is 9.90. The number of hydrogen-bond acceptors (Lipinski definition) is 6. The molecule has 3 aliphatic rings. The third kappa shape index (κ3) is 9.72. The van der Waals surface area contributed by atoms with Crippen LogP contribution in [0.3, 0.4) is 0 Å². The molecule has 0 spiro atoms. The molecule has 11 nitrogen and oxygen atoms in total. The van der Waals surface area contributed by atoms with E-state index < -0.39 is 7.27 Å². The van der Waals surface area contributed by atoms with Crippen LogP contribution in [0, 0.1) is 0 Å². The minimum atomic E-state index is -2.36. The minimum absolute atomic E-state index is 0.0556. The second kappa shape index (κ2) is 18.4. The molecule has 57 heavy (non-hydrogen) atoms. The Morgan fingerprint density at radius 3 is 2.33 bits per heavy atom. The van der Waals surface area contributed by atoms with Crippen LogP contribution in [0.4, 0.5) is 14.3 Å². The summed E-state index contributed by atoms with van der Waals surface area (Å²) in [5, 5.41) is 10.4. The van der Waals surface area contributed by atoms with E-state index in [1.807, 2.05) is 40.3 Å². The van der Waals surface area contributed by atoms with Crippen LogP contribution in [0.25, 0.3) is 33.4 Å². The summed E-state index contributed by atoms with van der Waals surface area (Å²) in [4.78, 5) is 33.6. The van der Waals surface area contributed by atoms with E-state index in [2.05, 4.69) is 83.9 Å². The Balaban J connectivity index is 1.16. The van der Waals surface area contributed by atoms with Crippen molar-refractivity contribution in [1.82, 2.24) is 29.4 Å². The summed E-state index contributed by atoms with van der Waals surface area (Å²) in [5.41, 5.74) is 6.02. The molecular formula is C43H57BF2N8O3+2. The van der Waals surface area contributed by atoms with Gasteiger partial charge in [-0.3, -0.25) is 18.2 Å². The molecule has 0 saturated carbocycles. The summed E-state index contributed by atoms with van der Waals surface area (Å²) in [7, 11) is 1.20. The maximum atomic E-state index is 14.4. The Kier molecular flexibility index (Phi) is 13.4. The summed E-state index contributed by atoms with van der Waals surface area (Å²) in [6.07, 6.45) is 3.20. The largest absolute Gasteiger partial charge is 0.592 e. The average molecular weight is 783 g/mol. The molecule has 0 bridgehead atoms. The molecule has 3 aromatic rings. The molecule has 0 radical (unpaired) electrons. The molecular weight excluding hydrogens is 725 g/mol. The first kappa shape index (κ1) is 41.5. The summed E-state index contributed by atoms with van der Waals surface area (Å²) < 4.78 is 36.6. The normalized spacial score (nSPS) is 13.4. The summed E-state index contributed by atoms with van der Waals surface area (Å²) in [6.45, 7) is 14.9. The summed E-state index contributed by atoms with van der Waals surface area (Å²) >= 11 is 0. The van der Waals surface area contributed by atoms with Crippen molar-refractivity contribution in [3.63, 3.8) is 0 Å². The van der Waals surface area contributed by atoms with E-state index in [-0.39, 0.29) is 22.7 Å². The molecule has 3 heterocycles. The van der Waals surface area contributed by atoms with Crippen LogP contribution in [-0.2, 0) is 17.8 Å². The van der Waals surface area contributed by atoms with Crippen molar-refractivity contribution in [2.75, 3.05) is 84.3 Å². The minimum Gasteiger partial charge on any atom is -0.456 e. The van der Waals surface area contributed by atoms with Crippen LogP contribution in [0.2, 0.25) is 0 Å². The molecule has 2 aromatic carbocycles. The molecule has 6 rings (SSSR count). The van der Waals surface area contributed by atoms with Gasteiger partial charge in [0.1, 0.15) is 30.9 Å². The van der Waals surface area contributed by atoms with Gasteiger partial charge in [-0.25, -0.2) is 9.26 Å². The smallest absolute Gasteiger partial charge is 0.456 e. The van der Waals surface area contributed by atoms with Gasteiger partial charge in [-0.1, -0.05) is 23.4 Å². The zero-order chi connectivity index (χ0) is 40.7. The van der Waals surface area contributed by atoms with Crippen LogP contribution >= 0.6 is 0 Å². The van der Waals surface area contributed by atoms with Gasteiger partial charge in [-0.15, -0.1) is 5.10 Å². The number of benzene rings is 3. The molecule has 1 aromatic heterocycles. The van der Waals surface area contributed by atoms with Crippen molar-refractivity contribution < 1.29 is 27.1 Å². The van der Waals surface area contributed by atoms with Gasteiger partial charge in [0.15, 0.2) is 0 Å². The number of hydrogen-bond donors (Lipinski definition) is 0. The van der Waals surface area contributed by atoms with Gasteiger partial charge in [-0.2, -0.15) is 0 Å². The van der Waals surface area contributed by atoms with Crippen LogP contribution in [0.5, 0.6) is 0 Å². The van der Waals surface area contributed by atoms with Crippen molar-refractivity contribution in [2.24, 2.45) is 0 Å². The number of piperazine rings is 1. The van der Waals surface area contributed by atoms with Crippen LogP contribution in [0.1, 0.15) is 56.6 Å². The van der Waals surface area contributed by atoms with Gasteiger partial charge < -0.3 is 23.6 Å². The Bertz CT molecular complexity index is 2200. The predicted molar refractivity (Wildman–Crippen MR) is 223 cm³/mol. The molecule has 302 valence electrons. The molecule has 14 heteroatoms. The quantitative estimate of drug-likeness (QED) is 0.0544. The standard InChI is InChI=1S/C43H57BF2N8O3/c1-7-49(8-2)33-18-20-37-39(28-33)57-40-29-34(50(9-3)10-4)19-21-38(40)42(37)35-15-11-12-16-36(35)43(56)52-24-22-51(23-25-52)41(55)17-13-14-32-30-53(48-47-32)26-27-54(5,6)31-44(45)46/h11-12,15-16,18-21,28-30H,7-10,13-14,17,22-27,31H2,1-6H3/q+2. The Morgan fingerprint density at radius 1 is 0.912 bits per heavy atom. The number of rotatable bonds is 16. The number of likely N-dealkylation sites (N-methyl/N-ethyl adjacent to an activating group) is 1. The Labute approximate surface area is 335 Å². The van der Waals surface area contributed by atoms with E-state index in [4.69, 9.17) is 4.42 Å². The lowest BCUT2D eigenvalue weighted by Crippen LogP contribution is -2.50. The average Bonchev–Trinajstić information content (AvgIpc) is 3.67. The first-order valence-corrected chi connectivity index (χ1v) is 20.4. The van der Waals surface area contributed by atoms with E-state index in [0.717, 1.165) is 76.3 Å². The number of halogens is 2. The first-order chi connectivity index (χ1) is 27.4. The number of aryl methyl sites for hydroxylation is 1. The van der Waals surface area contributed by atoms with Crippen LogP contribution in [-0.4, -0.2) is 128 Å². The van der Waals surface area contributed by atoms with Crippen molar-refractivity contribution in [1.29, 1.82) is 0 Å². The highest BCUT2D eigenvalue weighted by Crippen LogP contribution is 2.42. The fourth-order valence-corrected chi connectivity index (χ4v) is 7.92. The number of carbonyl (C=O) groups excluding carboxylic acids is 2. The van der Waals surface area contributed by atoms with Crippen LogP contribution < -0.4 is 14.8 Å². The molecule has 0 atom stereocenters. The monoisotopic (exact) mass is 782 g/mol. The van der Waals surface area contributed by atoms with E-state index in [1.165, 1.54) is 0 Å². The zero-order valence-electron chi connectivity index (χ0n) is 34.4. The third-order valence-corrected chi connectivity index (χ3v) is 11.3. The zero-order valence-corrected chi connectivity index (χ0v) is 34.4. The molecule has 2 amide bonds. The van der Waals surface area contributed by atoms with E-state index >= 15 is 0 Å². The SMILES string of the molecule is CCN(CC)c1ccc2c(-c3ccccc3C(=O)N3CCN(C(=O)CCCc4cn(CC[N+](C)(C)CB(F)F)nn4)CC3)c3ccc(=[N+](CC)CC)cc-3oc2c1. The lowest BCUT2D eigenvalue weighted by molar-refractivity contribution is -0.881. The number of carbonyl (C=O) groups is 2. The Morgan fingerprint density at radius 2 is 1.63 bits per heavy atom. The van der Waals surface area contributed by atoms with Gasteiger partial charge in [0.25, 0.3) is 5.91 Å². The number of anilines is 1. The van der Waals surface area contributed by atoms with Crippen molar-refractivity contribution in [3.8, 4) is 22.5 Å². The Hall–Kier alpha value is -5.11. The number of quaternary nitrogens is 1. The number of fused-ring (bicyclic) bond motifs is 2. The molecule has 1 fully saturated rings. The second-order valence-corrected chi connectivity index (χ2v) is 15.5. The van der Waals surface area contributed by atoms with Crippen LogP contribution in [0.15, 0.2) is 71.3 Å². The first-order valence-electron chi connectivity index (χ1n) is 20.4. The highest BCUT2D eigenvalue weighted by molar-refractivity contribution is 6.42. The third-order valence-electron chi connectivity index (χ3n) is 11.3. The molecule has 0 unspecified atom stereocenters. The molecule has 1 saturated heterocycles. The summed E-state index contributed by atoms with van der Waals surface area (Å²) in [5.74, 6) is 0.766.